The molecule has 10 heteroatoms. The molecule has 1 aliphatic rings. The minimum absolute atomic E-state index is 0.00466. The monoisotopic (exact) mass is 384 g/mol. The zero-order chi connectivity index (χ0) is 19.2. The Hall–Kier alpha value is -2.78. The number of hydrogen-bond acceptors (Lipinski definition) is 4. The zero-order valence-electron chi connectivity index (χ0n) is 13.8. The molecule has 1 saturated carbocycles. The van der Waals surface area contributed by atoms with Crippen LogP contribution in [0, 0.1) is 11.6 Å². The van der Waals surface area contributed by atoms with Gasteiger partial charge in [0.25, 0.3) is 5.89 Å². The summed E-state index contributed by atoms with van der Waals surface area (Å²) >= 11 is 0. The standard InChI is InChI=1S/C17H13F5N4O/c18-11-3-1-2-10(15(11)19)16-23-14(25-27-16)6-7-26-13(17(20,21)22)8-12(24-26)9-4-5-9/h1-3,8-9H,4-7H2. The Balaban J connectivity index is 1.53. The number of rotatable bonds is 5. The van der Waals surface area contributed by atoms with Gasteiger partial charge in [-0.15, -0.1) is 0 Å². The lowest BCUT2D eigenvalue weighted by Gasteiger charge is -2.08. The highest BCUT2D eigenvalue weighted by Crippen LogP contribution is 2.41. The minimum atomic E-state index is -4.52. The molecule has 3 aromatic rings. The second-order valence-electron chi connectivity index (χ2n) is 6.32. The molecule has 4 rings (SSSR count). The van der Waals surface area contributed by atoms with E-state index in [1.807, 2.05) is 0 Å². The van der Waals surface area contributed by atoms with Gasteiger partial charge in [0.1, 0.15) is 5.69 Å². The van der Waals surface area contributed by atoms with Gasteiger partial charge in [-0.3, -0.25) is 4.68 Å². The molecule has 1 fully saturated rings. The van der Waals surface area contributed by atoms with Gasteiger partial charge in [0.05, 0.1) is 11.3 Å². The van der Waals surface area contributed by atoms with Crippen LogP contribution in [0.4, 0.5) is 22.0 Å². The summed E-state index contributed by atoms with van der Waals surface area (Å²) in [4.78, 5) is 3.94. The summed E-state index contributed by atoms with van der Waals surface area (Å²) in [5, 5.41) is 7.67. The largest absolute Gasteiger partial charge is 0.433 e. The number of hydrogen-bond donors (Lipinski definition) is 0. The molecule has 0 spiro atoms. The van der Waals surface area contributed by atoms with E-state index < -0.39 is 23.5 Å². The fraction of sp³-hybridized carbons (Fsp3) is 0.353. The summed E-state index contributed by atoms with van der Waals surface area (Å²) in [7, 11) is 0. The van der Waals surface area contributed by atoms with Gasteiger partial charge in [-0.1, -0.05) is 11.2 Å². The second kappa shape index (κ2) is 6.43. The number of benzene rings is 1. The van der Waals surface area contributed by atoms with Crippen LogP contribution in [-0.2, 0) is 19.1 Å². The number of nitrogens with zero attached hydrogens (tertiary/aromatic N) is 4. The van der Waals surface area contributed by atoms with Crippen molar-refractivity contribution in [3.8, 4) is 11.5 Å². The van der Waals surface area contributed by atoms with Gasteiger partial charge in [0.2, 0.25) is 0 Å². The van der Waals surface area contributed by atoms with Crippen LogP contribution < -0.4 is 0 Å². The molecule has 0 unspecified atom stereocenters. The Kier molecular flexibility index (Phi) is 4.20. The number of halogens is 5. The van der Waals surface area contributed by atoms with E-state index >= 15 is 0 Å². The van der Waals surface area contributed by atoms with Crippen LogP contribution in [0.25, 0.3) is 11.5 Å². The van der Waals surface area contributed by atoms with Gasteiger partial charge >= 0.3 is 6.18 Å². The molecule has 1 aliphatic carbocycles. The molecule has 0 atom stereocenters. The fourth-order valence-corrected chi connectivity index (χ4v) is 2.75. The van der Waals surface area contributed by atoms with Crippen molar-refractivity contribution < 1.29 is 26.5 Å². The SMILES string of the molecule is Fc1cccc(-c2nc(CCn3nc(C4CC4)cc3C(F)(F)F)no2)c1F. The van der Waals surface area contributed by atoms with E-state index in [4.69, 9.17) is 4.52 Å². The van der Waals surface area contributed by atoms with Gasteiger partial charge in [0, 0.05) is 18.9 Å². The summed E-state index contributed by atoms with van der Waals surface area (Å²) in [6.45, 7) is -0.119. The van der Waals surface area contributed by atoms with Gasteiger partial charge in [-0.05, 0) is 31.0 Å². The predicted molar refractivity (Wildman–Crippen MR) is 82.6 cm³/mol. The first-order chi connectivity index (χ1) is 12.8. The maximum atomic E-state index is 13.8. The summed E-state index contributed by atoms with van der Waals surface area (Å²) in [5.74, 6) is -2.28. The van der Waals surface area contributed by atoms with Crippen molar-refractivity contribution in [1.29, 1.82) is 0 Å². The number of alkyl halides is 3. The first-order valence-electron chi connectivity index (χ1n) is 8.25. The molecule has 2 heterocycles. The molecular weight excluding hydrogens is 371 g/mol. The van der Waals surface area contributed by atoms with Gasteiger partial charge in [-0.2, -0.15) is 23.3 Å². The summed E-state index contributed by atoms with van der Waals surface area (Å²) < 4.78 is 72.4. The van der Waals surface area contributed by atoms with Crippen LogP contribution in [0.2, 0.25) is 0 Å². The average molecular weight is 384 g/mol. The molecule has 0 saturated heterocycles. The Bertz CT molecular complexity index is 974. The lowest BCUT2D eigenvalue weighted by molar-refractivity contribution is -0.144. The molecule has 0 bridgehead atoms. The van der Waals surface area contributed by atoms with Crippen LogP contribution in [0.15, 0.2) is 28.8 Å². The maximum absolute atomic E-state index is 13.8. The molecule has 5 nitrogen and oxygen atoms in total. The van der Waals surface area contributed by atoms with E-state index in [1.165, 1.54) is 12.1 Å². The summed E-state index contributed by atoms with van der Waals surface area (Å²) in [5.41, 5.74) is -0.609. The van der Waals surface area contributed by atoms with Crippen molar-refractivity contribution in [2.45, 2.75) is 37.9 Å². The summed E-state index contributed by atoms with van der Waals surface area (Å²) in [6.07, 6.45) is -2.86. The Labute approximate surface area is 149 Å². The van der Waals surface area contributed by atoms with E-state index in [0.717, 1.165) is 29.7 Å². The quantitative estimate of drug-likeness (QED) is 0.614. The van der Waals surface area contributed by atoms with Crippen molar-refractivity contribution in [2.24, 2.45) is 0 Å². The first kappa shape index (κ1) is 17.6. The lowest BCUT2D eigenvalue weighted by Crippen LogP contribution is -2.16. The maximum Gasteiger partial charge on any atom is 0.433 e. The van der Waals surface area contributed by atoms with Crippen molar-refractivity contribution in [1.82, 2.24) is 19.9 Å². The molecule has 142 valence electrons. The Morgan fingerprint density at radius 1 is 1.19 bits per heavy atom. The topological polar surface area (TPSA) is 56.7 Å². The van der Waals surface area contributed by atoms with E-state index in [9.17, 15) is 22.0 Å². The average Bonchev–Trinajstić information content (AvgIpc) is 3.19. The second-order valence-corrected chi connectivity index (χ2v) is 6.32. The molecule has 27 heavy (non-hydrogen) atoms. The normalized spacial score (nSPS) is 14.7. The van der Waals surface area contributed by atoms with E-state index in [2.05, 4.69) is 15.2 Å². The number of aryl methyl sites for hydroxylation is 2. The highest BCUT2D eigenvalue weighted by Gasteiger charge is 2.38. The minimum Gasteiger partial charge on any atom is -0.334 e. The van der Waals surface area contributed by atoms with Crippen LogP contribution in [0.1, 0.15) is 36.0 Å². The molecular formula is C17H13F5N4O. The van der Waals surface area contributed by atoms with Gasteiger partial charge < -0.3 is 4.52 Å². The lowest BCUT2D eigenvalue weighted by atomic mass is 10.2. The van der Waals surface area contributed by atoms with Gasteiger partial charge in [0.15, 0.2) is 17.5 Å². The third-order valence-electron chi connectivity index (χ3n) is 4.28. The highest BCUT2D eigenvalue weighted by atomic mass is 19.4. The highest BCUT2D eigenvalue weighted by molar-refractivity contribution is 5.53. The van der Waals surface area contributed by atoms with Crippen LogP contribution >= 0.6 is 0 Å². The van der Waals surface area contributed by atoms with Crippen molar-refractivity contribution in [3.63, 3.8) is 0 Å². The smallest absolute Gasteiger partial charge is 0.334 e. The van der Waals surface area contributed by atoms with E-state index in [0.29, 0.717) is 5.69 Å². The van der Waals surface area contributed by atoms with Crippen LogP contribution in [-0.4, -0.2) is 19.9 Å². The zero-order valence-corrected chi connectivity index (χ0v) is 13.8. The van der Waals surface area contributed by atoms with E-state index in [-0.39, 0.29) is 36.2 Å². The molecule has 1 aromatic carbocycles. The van der Waals surface area contributed by atoms with Gasteiger partial charge in [-0.25, -0.2) is 8.78 Å². The van der Waals surface area contributed by atoms with Crippen LogP contribution in [0.5, 0.6) is 0 Å². The molecule has 0 aliphatic heterocycles. The molecule has 0 amide bonds. The van der Waals surface area contributed by atoms with Crippen LogP contribution in [0.3, 0.4) is 0 Å². The Morgan fingerprint density at radius 2 is 1.96 bits per heavy atom. The number of aromatic nitrogens is 4. The fourth-order valence-electron chi connectivity index (χ4n) is 2.75. The van der Waals surface area contributed by atoms with Crippen molar-refractivity contribution >= 4 is 0 Å². The predicted octanol–water partition coefficient (Wildman–Crippen LogP) is 4.35. The van der Waals surface area contributed by atoms with Crippen molar-refractivity contribution in [2.75, 3.05) is 0 Å². The Morgan fingerprint density at radius 3 is 2.67 bits per heavy atom. The third kappa shape index (κ3) is 3.56. The van der Waals surface area contributed by atoms with Crippen molar-refractivity contribution in [3.05, 3.63) is 53.1 Å². The van der Waals surface area contributed by atoms with E-state index in [1.54, 1.807) is 0 Å². The molecule has 2 aromatic heterocycles. The molecule has 0 radical (unpaired) electrons. The first-order valence-corrected chi connectivity index (χ1v) is 8.25. The summed E-state index contributed by atoms with van der Waals surface area (Å²) in [6, 6.07) is 4.58. The third-order valence-corrected chi connectivity index (χ3v) is 4.28. The molecule has 0 N–H and O–H groups in total.